The van der Waals surface area contributed by atoms with Crippen LogP contribution in [0.2, 0.25) is 0 Å². The van der Waals surface area contributed by atoms with Gasteiger partial charge in [0.25, 0.3) is 0 Å². The number of hydrogen-bond donors (Lipinski definition) is 2. The van der Waals surface area contributed by atoms with Gasteiger partial charge >= 0.3 is 6.18 Å². The van der Waals surface area contributed by atoms with E-state index in [2.05, 4.69) is 32.5 Å². The largest absolute Gasteiger partial charge is 0.419 e. The van der Waals surface area contributed by atoms with E-state index in [1.54, 1.807) is 4.90 Å². The lowest BCUT2D eigenvalue weighted by molar-refractivity contribution is -0.137. The number of piperidine rings is 1. The fourth-order valence-electron chi connectivity index (χ4n) is 4.77. The Morgan fingerprint density at radius 2 is 1.95 bits per heavy atom. The molecule has 12 heteroatoms. The van der Waals surface area contributed by atoms with Crippen LogP contribution in [0, 0.1) is 6.92 Å². The van der Waals surface area contributed by atoms with Crippen molar-refractivity contribution in [2.45, 2.75) is 51.7 Å². The fourth-order valence-corrected chi connectivity index (χ4v) is 4.77. The van der Waals surface area contributed by atoms with Crippen molar-refractivity contribution in [2.24, 2.45) is 0 Å². The number of likely N-dealkylation sites (tertiary alicyclic amines) is 1. The third kappa shape index (κ3) is 7.13. The number of carbonyl (C=O) groups excluding carboxylic acids is 1. The lowest BCUT2D eigenvalue weighted by Crippen LogP contribution is -2.34. The van der Waals surface area contributed by atoms with Crippen LogP contribution in [0.4, 0.5) is 30.4 Å². The molecule has 204 valence electrons. The van der Waals surface area contributed by atoms with Crippen LogP contribution in [0.15, 0.2) is 18.5 Å². The number of carbonyl (C=O) groups is 1. The van der Waals surface area contributed by atoms with Gasteiger partial charge in [0.2, 0.25) is 5.91 Å². The molecule has 4 heterocycles. The molecule has 0 atom stereocenters. The second-order valence-electron chi connectivity index (χ2n) is 9.54. The van der Waals surface area contributed by atoms with Gasteiger partial charge < -0.3 is 25.2 Å². The van der Waals surface area contributed by atoms with Crippen molar-refractivity contribution in [3.8, 4) is 0 Å². The van der Waals surface area contributed by atoms with Gasteiger partial charge in [0, 0.05) is 51.2 Å². The Morgan fingerprint density at radius 3 is 2.68 bits per heavy atom. The average Bonchev–Trinajstić information content (AvgIpc) is 3.10. The molecule has 0 bridgehead atoms. The summed E-state index contributed by atoms with van der Waals surface area (Å²) in [5, 5.41) is 10.7. The summed E-state index contributed by atoms with van der Waals surface area (Å²) in [6.45, 7) is 9.25. The number of anilines is 3. The number of pyridine rings is 1. The highest BCUT2D eigenvalue weighted by Gasteiger charge is 2.34. The number of alkyl halides is 3. The van der Waals surface area contributed by atoms with E-state index in [1.165, 1.54) is 6.07 Å². The van der Waals surface area contributed by atoms with Crippen molar-refractivity contribution in [1.29, 1.82) is 0 Å². The minimum atomic E-state index is -4.54. The van der Waals surface area contributed by atoms with Gasteiger partial charge in [-0.25, -0.2) is 4.98 Å². The highest BCUT2D eigenvalue weighted by atomic mass is 19.4. The van der Waals surface area contributed by atoms with E-state index in [-0.39, 0.29) is 18.1 Å². The number of aryl methyl sites for hydroxylation is 1. The Balaban J connectivity index is 1.41. The van der Waals surface area contributed by atoms with Crippen molar-refractivity contribution in [3.05, 3.63) is 29.7 Å². The molecule has 0 radical (unpaired) electrons. The molecule has 2 aromatic rings. The van der Waals surface area contributed by atoms with Crippen LogP contribution in [0.3, 0.4) is 0 Å². The zero-order chi connectivity index (χ0) is 26.4. The maximum Gasteiger partial charge on any atom is 0.419 e. The lowest BCUT2D eigenvalue weighted by Gasteiger charge is -2.31. The van der Waals surface area contributed by atoms with Gasteiger partial charge in [-0.3, -0.25) is 9.48 Å². The minimum absolute atomic E-state index is 0.00992. The summed E-state index contributed by atoms with van der Waals surface area (Å²) >= 11 is 0. The van der Waals surface area contributed by atoms with Crippen LogP contribution in [0.25, 0.3) is 0 Å². The zero-order valence-electron chi connectivity index (χ0n) is 21.5. The number of nitrogens with one attached hydrogen (secondary N) is 2. The molecule has 2 N–H and O–H groups in total. The Kier molecular flexibility index (Phi) is 8.91. The quantitative estimate of drug-likeness (QED) is 0.480. The van der Waals surface area contributed by atoms with Crippen LogP contribution in [0.5, 0.6) is 0 Å². The second-order valence-corrected chi connectivity index (χ2v) is 9.54. The molecule has 2 aromatic heterocycles. The molecule has 9 nitrogen and oxygen atoms in total. The van der Waals surface area contributed by atoms with Gasteiger partial charge in [0.05, 0.1) is 48.3 Å². The van der Waals surface area contributed by atoms with Crippen LogP contribution in [0.1, 0.15) is 49.9 Å². The minimum Gasteiger partial charge on any atom is -0.384 e. The Bertz CT molecular complexity index is 1050. The van der Waals surface area contributed by atoms with E-state index in [0.29, 0.717) is 51.0 Å². The first-order chi connectivity index (χ1) is 17.7. The molecular formula is C25H36F3N7O2. The summed E-state index contributed by atoms with van der Waals surface area (Å²) in [5.74, 6) is 0.314. The first-order valence-electron chi connectivity index (χ1n) is 13.0. The smallest absolute Gasteiger partial charge is 0.384 e. The van der Waals surface area contributed by atoms with Gasteiger partial charge in [-0.15, -0.1) is 0 Å². The van der Waals surface area contributed by atoms with E-state index in [4.69, 9.17) is 4.74 Å². The number of rotatable bonds is 9. The Morgan fingerprint density at radius 1 is 1.16 bits per heavy atom. The van der Waals surface area contributed by atoms with Gasteiger partial charge in [-0.2, -0.15) is 18.3 Å². The molecule has 1 amide bonds. The topological polar surface area (TPSA) is 87.5 Å². The zero-order valence-corrected chi connectivity index (χ0v) is 21.5. The standard InChI is InChI=1S/C25H36F3N7O2/c1-3-33-10-5-19(6-11-33)35-17-22(18(2)32-35)31-23-15-21(20(16-30-23)25(26,27)28)29-8-4-9-34-12-14-37-13-7-24(34)36/h15-17,19H,3-14H2,1-2H3,(H2,29,30,31). The van der Waals surface area contributed by atoms with Crippen molar-refractivity contribution in [3.63, 3.8) is 0 Å². The van der Waals surface area contributed by atoms with Crippen LogP contribution < -0.4 is 10.6 Å². The number of halogens is 3. The maximum atomic E-state index is 13.6. The second kappa shape index (κ2) is 12.1. The summed E-state index contributed by atoms with van der Waals surface area (Å²) in [7, 11) is 0. The molecule has 2 saturated heterocycles. The van der Waals surface area contributed by atoms with Gasteiger partial charge in [0.1, 0.15) is 5.82 Å². The molecule has 0 aliphatic carbocycles. The van der Waals surface area contributed by atoms with E-state index < -0.39 is 11.7 Å². The van der Waals surface area contributed by atoms with Crippen molar-refractivity contribution in [1.82, 2.24) is 24.6 Å². The normalized spacial score (nSPS) is 18.2. The first-order valence-corrected chi connectivity index (χ1v) is 13.0. The Labute approximate surface area is 215 Å². The molecule has 2 aliphatic heterocycles. The highest BCUT2D eigenvalue weighted by Crippen LogP contribution is 2.36. The molecule has 0 unspecified atom stereocenters. The van der Waals surface area contributed by atoms with Gasteiger partial charge in [0.15, 0.2) is 0 Å². The van der Waals surface area contributed by atoms with Gasteiger partial charge in [-0.1, -0.05) is 6.92 Å². The monoisotopic (exact) mass is 523 g/mol. The summed E-state index contributed by atoms with van der Waals surface area (Å²) in [4.78, 5) is 20.2. The molecule has 0 saturated carbocycles. The van der Waals surface area contributed by atoms with Crippen molar-refractivity contribution < 1.29 is 22.7 Å². The van der Waals surface area contributed by atoms with Gasteiger partial charge in [-0.05, 0) is 32.7 Å². The first kappa shape index (κ1) is 27.2. The van der Waals surface area contributed by atoms with Crippen molar-refractivity contribution >= 4 is 23.1 Å². The fraction of sp³-hybridized carbons (Fsp3) is 0.640. The number of ether oxygens (including phenoxy) is 1. The van der Waals surface area contributed by atoms with Crippen LogP contribution >= 0.6 is 0 Å². The van der Waals surface area contributed by atoms with E-state index in [1.807, 2.05) is 17.8 Å². The molecular weight excluding hydrogens is 487 g/mol. The molecule has 2 fully saturated rings. The van der Waals surface area contributed by atoms with Crippen LogP contribution in [-0.2, 0) is 15.7 Å². The average molecular weight is 524 g/mol. The van der Waals surface area contributed by atoms with E-state index >= 15 is 0 Å². The number of aromatic nitrogens is 3. The Hall–Kier alpha value is -2.86. The predicted molar refractivity (Wildman–Crippen MR) is 135 cm³/mol. The maximum absolute atomic E-state index is 13.6. The lowest BCUT2D eigenvalue weighted by atomic mass is 10.1. The molecule has 37 heavy (non-hydrogen) atoms. The van der Waals surface area contributed by atoms with E-state index in [0.717, 1.165) is 50.1 Å². The number of nitrogens with zero attached hydrogens (tertiary/aromatic N) is 5. The molecule has 0 aromatic carbocycles. The third-order valence-electron chi connectivity index (χ3n) is 7.01. The SMILES string of the molecule is CCN1CCC(n2cc(Nc3cc(NCCCN4CCOCCC4=O)c(C(F)(F)F)cn3)c(C)n2)CC1. The molecule has 2 aliphatic rings. The summed E-state index contributed by atoms with van der Waals surface area (Å²) in [6.07, 6.45) is 1.08. The summed E-state index contributed by atoms with van der Waals surface area (Å²) in [5.41, 5.74) is 0.609. The summed E-state index contributed by atoms with van der Waals surface area (Å²) < 4.78 is 48.2. The highest BCUT2D eigenvalue weighted by molar-refractivity contribution is 5.76. The van der Waals surface area contributed by atoms with E-state index in [9.17, 15) is 18.0 Å². The number of hydrogen-bond acceptors (Lipinski definition) is 7. The predicted octanol–water partition coefficient (Wildman–Crippen LogP) is 4.06. The molecule has 0 spiro atoms. The molecule has 4 rings (SSSR count). The van der Waals surface area contributed by atoms with Crippen LogP contribution in [-0.4, -0.2) is 83.0 Å². The third-order valence-corrected chi connectivity index (χ3v) is 7.01. The summed E-state index contributed by atoms with van der Waals surface area (Å²) in [6, 6.07) is 1.68. The number of amides is 1. The van der Waals surface area contributed by atoms with Crippen molar-refractivity contribution in [2.75, 3.05) is 63.1 Å².